The van der Waals surface area contributed by atoms with E-state index in [1.165, 1.54) is 0 Å². The number of carbonyl (C=O) groups excluding carboxylic acids is 1. The third-order valence-electron chi connectivity index (χ3n) is 3.83. The largest absolute Gasteiger partial charge is 0.497 e. The number of pyridine rings is 1. The number of hydrogen-bond acceptors (Lipinski definition) is 4. The Kier molecular flexibility index (Phi) is 4.06. The van der Waals surface area contributed by atoms with Crippen molar-refractivity contribution in [3.05, 3.63) is 30.5 Å². The van der Waals surface area contributed by atoms with Crippen molar-refractivity contribution >= 4 is 33.7 Å². The number of carbonyl (C=O) groups is 1. The third kappa shape index (κ3) is 2.92. The Hall–Kier alpha value is -2.76. The van der Waals surface area contributed by atoms with Gasteiger partial charge in [-0.05, 0) is 31.5 Å². The Bertz CT molecular complexity index is 857. The van der Waals surface area contributed by atoms with Gasteiger partial charge in [0.15, 0.2) is 5.82 Å². The molecule has 0 radical (unpaired) electrons. The van der Waals surface area contributed by atoms with Crippen molar-refractivity contribution in [3.63, 3.8) is 0 Å². The second-order valence-electron chi connectivity index (χ2n) is 5.37. The van der Waals surface area contributed by atoms with Crippen LogP contribution in [0.25, 0.3) is 21.8 Å². The summed E-state index contributed by atoms with van der Waals surface area (Å²) in [6.45, 7) is 3.81. The lowest BCUT2D eigenvalue weighted by molar-refractivity contribution is 0.118. The molecule has 0 aliphatic rings. The van der Waals surface area contributed by atoms with Crippen LogP contribution in [0.2, 0.25) is 0 Å². The van der Waals surface area contributed by atoms with Gasteiger partial charge in [-0.25, -0.2) is 9.78 Å². The minimum Gasteiger partial charge on any atom is -0.497 e. The molecule has 2 heterocycles. The second-order valence-corrected chi connectivity index (χ2v) is 5.37. The van der Waals surface area contributed by atoms with Crippen LogP contribution in [-0.2, 0) is 4.74 Å². The first-order valence-corrected chi connectivity index (χ1v) is 7.54. The molecule has 120 valence electrons. The zero-order chi connectivity index (χ0) is 16.4. The van der Waals surface area contributed by atoms with E-state index >= 15 is 0 Å². The standard InChI is InChI=1S/C17H19N3O3/c1-4-10(2)23-17(21)20-16-15-13(7-8-18-16)12-6-5-11(22-3)9-14(12)19-15/h5-10,19H,4H2,1-3H3,(H,18,20,21). The number of hydrogen-bond donors (Lipinski definition) is 2. The molecule has 0 aliphatic heterocycles. The molecular weight excluding hydrogens is 294 g/mol. The minimum atomic E-state index is -0.504. The van der Waals surface area contributed by atoms with Crippen molar-refractivity contribution in [2.45, 2.75) is 26.4 Å². The smallest absolute Gasteiger partial charge is 0.413 e. The monoisotopic (exact) mass is 313 g/mol. The summed E-state index contributed by atoms with van der Waals surface area (Å²) in [5, 5.41) is 4.73. The summed E-state index contributed by atoms with van der Waals surface area (Å²) >= 11 is 0. The quantitative estimate of drug-likeness (QED) is 0.761. The molecule has 0 bridgehead atoms. The van der Waals surface area contributed by atoms with Crippen LogP contribution in [0.4, 0.5) is 10.6 Å². The lowest BCUT2D eigenvalue weighted by Crippen LogP contribution is -2.20. The van der Waals surface area contributed by atoms with Crippen LogP contribution >= 0.6 is 0 Å². The van der Waals surface area contributed by atoms with Gasteiger partial charge in [-0.1, -0.05) is 6.92 Å². The number of fused-ring (bicyclic) bond motifs is 3. The lowest BCUT2D eigenvalue weighted by atomic mass is 10.2. The number of nitrogens with one attached hydrogen (secondary N) is 2. The molecule has 1 amide bonds. The molecule has 1 unspecified atom stereocenters. The molecule has 3 rings (SSSR count). The zero-order valence-corrected chi connectivity index (χ0v) is 13.3. The van der Waals surface area contributed by atoms with Gasteiger partial charge in [0.2, 0.25) is 0 Å². The highest BCUT2D eigenvalue weighted by Gasteiger charge is 2.14. The Balaban J connectivity index is 1.99. The van der Waals surface area contributed by atoms with Gasteiger partial charge < -0.3 is 14.5 Å². The fraction of sp³-hybridized carbons (Fsp3) is 0.294. The van der Waals surface area contributed by atoms with Gasteiger partial charge in [0.05, 0.1) is 18.1 Å². The van der Waals surface area contributed by atoms with Crippen LogP contribution in [-0.4, -0.2) is 29.3 Å². The van der Waals surface area contributed by atoms with Crippen LogP contribution in [0.15, 0.2) is 30.5 Å². The van der Waals surface area contributed by atoms with Gasteiger partial charge in [0, 0.05) is 23.0 Å². The van der Waals surface area contributed by atoms with Crippen LogP contribution in [0, 0.1) is 0 Å². The number of anilines is 1. The number of rotatable bonds is 4. The van der Waals surface area contributed by atoms with E-state index in [1.54, 1.807) is 13.3 Å². The van der Waals surface area contributed by atoms with E-state index in [9.17, 15) is 4.79 Å². The average molecular weight is 313 g/mol. The van der Waals surface area contributed by atoms with Gasteiger partial charge in [0.25, 0.3) is 0 Å². The second kappa shape index (κ2) is 6.16. The first-order valence-electron chi connectivity index (χ1n) is 7.54. The molecule has 0 saturated carbocycles. The first kappa shape index (κ1) is 15.1. The van der Waals surface area contributed by atoms with E-state index in [2.05, 4.69) is 15.3 Å². The predicted octanol–water partition coefficient (Wildman–Crippen LogP) is 4.07. The zero-order valence-electron chi connectivity index (χ0n) is 13.3. The Labute approximate surface area is 133 Å². The summed E-state index contributed by atoms with van der Waals surface area (Å²) in [6, 6.07) is 7.71. The molecule has 0 aliphatic carbocycles. The molecular formula is C17H19N3O3. The first-order chi connectivity index (χ1) is 11.1. The molecule has 0 saturated heterocycles. The number of H-pyrrole nitrogens is 1. The summed E-state index contributed by atoms with van der Waals surface area (Å²) in [5.74, 6) is 1.22. The van der Waals surface area contributed by atoms with Crippen molar-refractivity contribution in [2.24, 2.45) is 0 Å². The predicted molar refractivity (Wildman–Crippen MR) is 90.0 cm³/mol. The number of aromatic amines is 1. The van der Waals surface area contributed by atoms with Gasteiger partial charge in [0.1, 0.15) is 11.9 Å². The van der Waals surface area contributed by atoms with Gasteiger partial charge in [-0.15, -0.1) is 0 Å². The van der Waals surface area contributed by atoms with E-state index in [0.717, 1.165) is 34.0 Å². The minimum absolute atomic E-state index is 0.138. The maximum Gasteiger partial charge on any atom is 0.413 e. The summed E-state index contributed by atoms with van der Waals surface area (Å²) in [6.07, 6.45) is 1.78. The SMILES string of the molecule is CCC(C)OC(=O)Nc1nccc2c1[nH]c1cc(OC)ccc12. The van der Waals surface area contributed by atoms with Gasteiger partial charge >= 0.3 is 6.09 Å². The number of aromatic nitrogens is 2. The van der Waals surface area contributed by atoms with E-state index in [4.69, 9.17) is 9.47 Å². The molecule has 1 atom stereocenters. The molecule has 0 fully saturated rings. The topological polar surface area (TPSA) is 76.2 Å². The maximum absolute atomic E-state index is 11.9. The Morgan fingerprint density at radius 3 is 2.91 bits per heavy atom. The highest BCUT2D eigenvalue weighted by atomic mass is 16.6. The fourth-order valence-electron chi connectivity index (χ4n) is 2.42. The van der Waals surface area contributed by atoms with Crippen molar-refractivity contribution in [3.8, 4) is 5.75 Å². The summed E-state index contributed by atoms with van der Waals surface area (Å²) in [4.78, 5) is 19.5. The van der Waals surface area contributed by atoms with Crippen molar-refractivity contribution in [1.29, 1.82) is 0 Å². The highest BCUT2D eigenvalue weighted by Crippen LogP contribution is 2.31. The molecule has 6 heteroatoms. The van der Waals surface area contributed by atoms with Crippen molar-refractivity contribution in [2.75, 3.05) is 12.4 Å². The summed E-state index contributed by atoms with van der Waals surface area (Å²) in [7, 11) is 1.63. The van der Waals surface area contributed by atoms with Crippen molar-refractivity contribution in [1.82, 2.24) is 9.97 Å². The van der Waals surface area contributed by atoms with Gasteiger partial charge in [-0.2, -0.15) is 0 Å². The fourth-order valence-corrected chi connectivity index (χ4v) is 2.42. The maximum atomic E-state index is 11.9. The third-order valence-corrected chi connectivity index (χ3v) is 3.83. The number of nitrogens with zero attached hydrogens (tertiary/aromatic N) is 1. The van der Waals surface area contributed by atoms with E-state index in [1.807, 2.05) is 38.1 Å². The lowest BCUT2D eigenvalue weighted by Gasteiger charge is -2.11. The molecule has 23 heavy (non-hydrogen) atoms. The molecule has 3 aromatic rings. The Morgan fingerprint density at radius 1 is 1.35 bits per heavy atom. The Morgan fingerprint density at radius 2 is 2.17 bits per heavy atom. The van der Waals surface area contributed by atoms with Crippen LogP contribution in [0.3, 0.4) is 0 Å². The molecule has 1 aromatic carbocycles. The molecule has 2 N–H and O–H groups in total. The summed E-state index contributed by atoms with van der Waals surface area (Å²) < 4.78 is 10.5. The number of ether oxygens (including phenoxy) is 2. The number of benzene rings is 1. The normalized spacial score (nSPS) is 12.3. The molecule has 0 spiro atoms. The summed E-state index contributed by atoms with van der Waals surface area (Å²) in [5.41, 5.74) is 1.68. The number of amides is 1. The van der Waals surface area contributed by atoms with E-state index in [0.29, 0.717) is 5.82 Å². The van der Waals surface area contributed by atoms with Crippen molar-refractivity contribution < 1.29 is 14.3 Å². The van der Waals surface area contributed by atoms with Crippen LogP contribution in [0.5, 0.6) is 5.75 Å². The highest BCUT2D eigenvalue weighted by molar-refractivity contribution is 6.11. The van der Waals surface area contributed by atoms with E-state index < -0.39 is 6.09 Å². The molecule has 6 nitrogen and oxygen atoms in total. The van der Waals surface area contributed by atoms with E-state index in [-0.39, 0.29) is 6.10 Å². The molecule has 2 aromatic heterocycles. The van der Waals surface area contributed by atoms with Gasteiger partial charge in [-0.3, -0.25) is 5.32 Å². The average Bonchev–Trinajstić information content (AvgIpc) is 2.93. The van der Waals surface area contributed by atoms with Crippen LogP contribution in [0.1, 0.15) is 20.3 Å². The van der Waals surface area contributed by atoms with Crippen LogP contribution < -0.4 is 10.1 Å². The number of methoxy groups -OCH3 is 1.